The Bertz CT molecular complexity index is 213. The fourth-order valence-electron chi connectivity index (χ4n) is 3.90. The van der Waals surface area contributed by atoms with Gasteiger partial charge in [-0.05, 0) is 50.6 Å². The van der Waals surface area contributed by atoms with Crippen molar-refractivity contribution < 1.29 is 0 Å². The topological polar surface area (TPSA) is 29.3 Å². The van der Waals surface area contributed by atoms with Gasteiger partial charge in [-0.3, -0.25) is 4.90 Å². The van der Waals surface area contributed by atoms with Crippen molar-refractivity contribution in [2.45, 2.75) is 57.9 Å². The average molecular weight is 224 g/mol. The minimum absolute atomic E-state index is 0.399. The van der Waals surface area contributed by atoms with Gasteiger partial charge in [-0.15, -0.1) is 0 Å². The molecule has 0 aromatic heterocycles. The van der Waals surface area contributed by atoms with E-state index in [1.165, 1.54) is 51.6 Å². The van der Waals surface area contributed by atoms with E-state index in [9.17, 15) is 0 Å². The molecule has 1 heterocycles. The van der Waals surface area contributed by atoms with Crippen molar-refractivity contribution in [2.24, 2.45) is 17.6 Å². The summed E-state index contributed by atoms with van der Waals surface area (Å²) < 4.78 is 0. The van der Waals surface area contributed by atoms with Crippen molar-refractivity contribution in [1.29, 1.82) is 0 Å². The van der Waals surface area contributed by atoms with Crippen molar-refractivity contribution >= 4 is 0 Å². The van der Waals surface area contributed by atoms with Gasteiger partial charge in [0.2, 0.25) is 0 Å². The first kappa shape index (κ1) is 12.4. The zero-order valence-electron chi connectivity index (χ0n) is 11.0. The summed E-state index contributed by atoms with van der Waals surface area (Å²) in [7, 11) is 0. The van der Waals surface area contributed by atoms with Crippen LogP contribution in [0.4, 0.5) is 0 Å². The first-order chi connectivity index (χ1) is 7.70. The van der Waals surface area contributed by atoms with Crippen LogP contribution in [0, 0.1) is 11.8 Å². The van der Waals surface area contributed by atoms with E-state index in [2.05, 4.69) is 18.7 Å². The van der Waals surface area contributed by atoms with E-state index < -0.39 is 0 Å². The van der Waals surface area contributed by atoms with Gasteiger partial charge in [-0.2, -0.15) is 0 Å². The molecule has 2 fully saturated rings. The Hall–Kier alpha value is -0.0800. The average Bonchev–Trinajstić information content (AvgIpc) is 2.26. The minimum Gasteiger partial charge on any atom is -0.329 e. The molecule has 0 amide bonds. The quantitative estimate of drug-likeness (QED) is 0.795. The van der Waals surface area contributed by atoms with Crippen molar-refractivity contribution in [2.75, 3.05) is 19.6 Å². The minimum atomic E-state index is 0.399. The van der Waals surface area contributed by atoms with E-state index in [1.54, 1.807) is 0 Å². The van der Waals surface area contributed by atoms with Crippen LogP contribution >= 0.6 is 0 Å². The number of nitrogens with zero attached hydrogens (tertiary/aromatic N) is 1. The van der Waals surface area contributed by atoms with Crippen molar-refractivity contribution in [3.05, 3.63) is 0 Å². The number of likely N-dealkylation sites (tertiary alicyclic amines) is 1. The first-order valence-electron chi connectivity index (χ1n) is 7.15. The van der Waals surface area contributed by atoms with Gasteiger partial charge in [0.1, 0.15) is 0 Å². The van der Waals surface area contributed by atoms with Crippen molar-refractivity contribution in [3.8, 4) is 0 Å². The predicted octanol–water partition coefficient (Wildman–Crippen LogP) is 2.63. The maximum atomic E-state index is 6.01. The third-order valence-electron chi connectivity index (χ3n) is 4.82. The SMILES string of the molecule is CCCC1CCN(C2(CN)CC(C)C2)CC1. The number of rotatable bonds is 4. The fraction of sp³-hybridized carbons (Fsp3) is 1.00. The van der Waals surface area contributed by atoms with Gasteiger partial charge in [0.15, 0.2) is 0 Å². The number of piperidine rings is 1. The zero-order valence-corrected chi connectivity index (χ0v) is 11.0. The smallest absolute Gasteiger partial charge is 0.0336 e. The van der Waals surface area contributed by atoms with Gasteiger partial charge in [-0.1, -0.05) is 26.7 Å². The monoisotopic (exact) mass is 224 g/mol. The second-order valence-corrected chi connectivity index (χ2v) is 6.16. The Morgan fingerprint density at radius 1 is 1.25 bits per heavy atom. The van der Waals surface area contributed by atoms with Gasteiger partial charge < -0.3 is 5.73 Å². The van der Waals surface area contributed by atoms with Gasteiger partial charge in [0.25, 0.3) is 0 Å². The molecule has 0 atom stereocenters. The molecule has 0 radical (unpaired) electrons. The number of nitrogens with two attached hydrogens (primary N) is 1. The molecule has 0 unspecified atom stereocenters. The Balaban J connectivity index is 1.84. The summed E-state index contributed by atoms with van der Waals surface area (Å²) >= 11 is 0. The number of hydrogen-bond donors (Lipinski definition) is 1. The van der Waals surface area contributed by atoms with Crippen LogP contribution in [0.1, 0.15) is 52.4 Å². The molecule has 0 spiro atoms. The summed E-state index contributed by atoms with van der Waals surface area (Å²) in [5.41, 5.74) is 6.41. The molecular weight excluding hydrogens is 196 g/mol. The van der Waals surface area contributed by atoms with Crippen LogP contribution in [0.5, 0.6) is 0 Å². The molecule has 2 rings (SSSR count). The van der Waals surface area contributed by atoms with Gasteiger partial charge in [-0.25, -0.2) is 0 Å². The van der Waals surface area contributed by atoms with E-state index >= 15 is 0 Å². The fourth-order valence-corrected chi connectivity index (χ4v) is 3.90. The molecule has 2 aliphatic rings. The van der Waals surface area contributed by atoms with Gasteiger partial charge in [0, 0.05) is 12.1 Å². The lowest BCUT2D eigenvalue weighted by atomic mass is 9.67. The lowest BCUT2D eigenvalue weighted by Crippen LogP contribution is -2.62. The molecule has 1 saturated carbocycles. The lowest BCUT2D eigenvalue weighted by molar-refractivity contribution is -0.0328. The maximum Gasteiger partial charge on any atom is 0.0336 e. The second kappa shape index (κ2) is 5.05. The van der Waals surface area contributed by atoms with Crippen LogP contribution in [-0.4, -0.2) is 30.1 Å². The predicted molar refractivity (Wildman–Crippen MR) is 69.4 cm³/mol. The first-order valence-corrected chi connectivity index (χ1v) is 7.15. The molecular formula is C14H28N2. The van der Waals surface area contributed by atoms with E-state index in [-0.39, 0.29) is 0 Å². The maximum absolute atomic E-state index is 6.01. The zero-order chi connectivity index (χ0) is 11.6. The highest BCUT2D eigenvalue weighted by Crippen LogP contribution is 2.43. The highest BCUT2D eigenvalue weighted by molar-refractivity contribution is 5.03. The second-order valence-electron chi connectivity index (χ2n) is 6.16. The van der Waals surface area contributed by atoms with E-state index in [1.807, 2.05) is 0 Å². The van der Waals surface area contributed by atoms with Gasteiger partial charge in [0.05, 0.1) is 0 Å². The Morgan fingerprint density at radius 3 is 2.31 bits per heavy atom. The highest BCUT2D eigenvalue weighted by atomic mass is 15.2. The van der Waals surface area contributed by atoms with Gasteiger partial charge >= 0.3 is 0 Å². The van der Waals surface area contributed by atoms with E-state index in [0.29, 0.717) is 5.54 Å². The van der Waals surface area contributed by atoms with E-state index in [0.717, 1.165) is 18.4 Å². The van der Waals surface area contributed by atoms with Crippen LogP contribution in [0.25, 0.3) is 0 Å². The molecule has 0 bridgehead atoms. The van der Waals surface area contributed by atoms with Crippen LogP contribution in [0.3, 0.4) is 0 Å². The summed E-state index contributed by atoms with van der Waals surface area (Å²) in [5.74, 6) is 1.89. The molecule has 16 heavy (non-hydrogen) atoms. The van der Waals surface area contributed by atoms with Crippen LogP contribution in [-0.2, 0) is 0 Å². The standard InChI is InChI=1S/C14H28N2/c1-3-4-13-5-7-16(8-6-13)14(11-15)9-12(2)10-14/h12-13H,3-11,15H2,1-2H3. The molecule has 0 aromatic rings. The Kier molecular flexibility index (Phi) is 3.91. The third-order valence-corrected chi connectivity index (χ3v) is 4.82. The van der Waals surface area contributed by atoms with Crippen LogP contribution < -0.4 is 5.73 Å². The summed E-state index contributed by atoms with van der Waals surface area (Å²) in [6.45, 7) is 8.14. The normalized spacial score (nSPS) is 37.3. The molecule has 2 N–H and O–H groups in total. The lowest BCUT2D eigenvalue weighted by Gasteiger charge is -2.55. The molecule has 2 nitrogen and oxygen atoms in total. The van der Waals surface area contributed by atoms with Crippen molar-refractivity contribution in [1.82, 2.24) is 4.90 Å². The Labute approximate surface area is 101 Å². The third kappa shape index (κ3) is 2.28. The largest absolute Gasteiger partial charge is 0.329 e. The summed E-state index contributed by atoms with van der Waals surface area (Å²) in [6.07, 6.45) is 8.27. The van der Waals surface area contributed by atoms with Crippen molar-refractivity contribution in [3.63, 3.8) is 0 Å². The molecule has 1 saturated heterocycles. The molecule has 2 heteroatoms. The molecule has 1 aliphatic carbocycles. The van der Waals surface area contributed by atoms with Crippen LogP contribution in [0.2, 0.25) is 0 Å². The van der Waals surface area contributed by atoms with E-state index in [4.69, 9.17) is 5.73 Å². The number of hydrogen-bond acceptors (Lipinski definition) is 2. The summed E-state index contributed by atoms with van der Waals surface area (Å²) in [5, 5.41) is 0. The van der Waals surface area contributed by atoms with Crippen LogP contribution in [0.15, 0.2) is 0 Å². The summed E-state index contributed by atoms with van der Waals surface area (Å²) in [4.78, 5) is 2.71. The molecule has 0 aromatic carbocycles. The highest BCUT2D eigenvalue weighted by Gasteiger charge is 2.46. The summed E-state index contributed by atoms with van der Waals surface area (Å²) in [6, 6.07) is 0. The molecule has 1 aliphatic heterocycles. The Morgan fingerprint density at radius 2 is 1.88 bits per heavy atom. The molecule has 94 valence electrons.